The summed E-state index contributed by atoms with van der Waals surface area (Å²) >= 11 is 0. The van der Waals surface area contributed by atoms with Crippen LogP contribution in [-0.2, 0) is 10.1 Å². The van der Waals surface area contributed by atoms with Crippen LogP contribution in [0.4, 0.5) is 0 Å². The second kappa shape index (κ2) is 10.8. The summed E-state index contributed by atoms with van der Waals surface area (Å²) in [6.45, 7) is 2.22. The molecule has 0 unspecified atom stereocenters. The number of unbranched alkanes of at least 4 members (excludes halogenated alkanes) is 9. The van der Waals surface area contributed by atoms with Gasteiger partial charge in [0, 0.05) is 0 Å². The molecule has 0 spiro atoms. The first-order chi connectivity index (χ1) is 8.06. The highest BCUT2D eigenvalue weighted by molar-refractivity contribution is 7.88. The zero-order valence-electron chi connectivity index (χ0n) is 10.9. The fourth-order valence-corrected chi connectivity index (χ4v) is 2.14. The van der Waals surface area contributed by atoms with Crippen molar-refractivity contribution in [3.05, 3.63) is 11.5 Å². The van der Waals surface area contributed by atoms with Crippen LogP contribution in [0.2, 0.25) is 0 Å². The summed E-state index contributed by atoms with van der Waals surface area (Å²) in [5.74, 6) is 0. The number of hydrogen-bond donors (Lipinski definition) is 1. The van der Waals surface area contributed by atoms with E-state index in [1.165, 1.54) is 51.0 Å². The van der Waals surface area contributed by atoms with Crippen LogP contribution in [-0.4, -0.2) is 13.0 Å². The Labute approximate surface area is 106 Å². The highest BCUT2D eigenvalue weighted by Crippen LogP contribution is 2.10. The van der Waals surface area contributed by atoms with E-state index in [9.17, 15) is 8.42 Å². The Balaban J connectivity index is 3.17. The lowest BCUT2D eigenvalue weighted by Gasteiger charge is -2.00. The standard InChI is InChI=1S/C13H26O3S/c1-2-3-4-5-6-7-8-9-10-11-12-13-17(14,15)16/h12-13H,2-11H2,1H3,(H,14,15,16). The third kappa shape index (κ3) is 15.6. The van der Waals surface area contributed by atoms with Crippen molar-refractivity contribution in [3.63, 3.8) is 0 Å². The monoisotopic (exact) mass is 262 g/mol. The van der Waals surface area contributed by atoms with E-state index in [4.69, 9.17) is 4.55 Å². The van der Waals surface area contributed by atoms with E-state index in [0.29, 0.717) is 0 Å². The average Bonchev–Trinajstić information content (AvgIpc) is 2.24. The molecule has 0 heterocycles. The summed E-state index contributed by atoms with van der Waals surface area (Å²) in [4.78, 5) is 0. The molecule has 0 bridgehead atoms. The van der Waals surface area contributed by atoms with Gasteiger partial charge in [0.05, 0.1) is 5.41 Å². The summed E-state index contributed by atoms with van der Waals surface area (Å²) in [5.41, 5.74) is 0. The largest absolute Gasteiger partial charge is 0.287 e. The van der Waals surface area contributed by atoms with Crippen molar-refractivity contribution in [2.75, 3.05) is 0 Å². The fraction of sp³-hybridized carbons (Fsp3) is 0.846. The highest BCUT2D eigenvalue weighted by atomic mass is 32.2. The molecule has 0 radical (unpaired) electrons. The van der Waals surface area contributed by atoms with Crippen LogP contribution in [0.15, 0.2) is 11.5 Å². The zero-order valence-corrected chi connectivity index (χ0v) is 11.7. The maximum atomic E-state index is 10.4. The van der Waals surface area contributed by atoms with Gasteiger partial charge in [-0.2, -0.15) is 8.42 Å². The van der Waals surface area contributed by atoms with Crippen LogP contribution in [0.1, 0.15) is 71.1 Å². The molecular formula is C13H26O3S. The summed E-state index contributed by atoms with van der Waals surface area (Å²) in [6, 6.07) is 0. The van der Waals surface area contributed by atoms with Crippen LogP contribution in [0, 0.1) is 0 Å². The third-order valence-electron chi connectivity index (χ3n) is 2.74. The van der Waals surface area contributed by atoms with E-state index in [-0.39, 0.29) is 0 Å². The van der Waals surface area contributed by atoms with Crippen molar-refractivity contribution in [2.45, 2.75) is 71.1 Å². The Morgan fingerprint density at radius 2 is 1.35 bits per heavy atom. The van der Waals surface area contributed by atoms with E-state index < -0.39 is 10.1 Å². The SMILES string of the molecule is CCCCCCCCCCCC=CS(=O)(=O)O. The van der Waals surface area contributed by atoms with Gasteiger partial charge in [0.15, 0.2) is 0 Å². The first kappa shape index (κ1) is 16.6. The Hall–Kier alpha value is -0.350. The molecular weight excluding hydrogens is 236 g/mol. The van der Waals surface area contributed by atoms with Gasteiger partial charge >= 0.3 is 0 Å². The molecule has 17 heavy (non-hydrogen) atoms. The van der Waals surface area contributed by atoms with Gasteiger partial charge in [0.25, 0.3) is 10.1 Å². The molecule has 1 N–H and O–H groups in total. The van der Waals surface area contributed by atoms with Crippen LogP contribution in [0.25, 0.3) is 0 Å². The lowest BCUT2D eigenvalue weighted by atomic mass is 10.1. The van der Waals surface area contributed by atoms with E-state index in [2.05, 4.69) is 6.92 Å². The van der Waals surface area contributed by atoms with Crippen LogP contribution >= 0.6 is 0 Å². The summed E-state index contributed by atoms with van der Waals surface area (Å²) in [7, 11) is -3.91. The van der Waals surface area contributed by atoms with Crippen molar-refractivity contribution in [1.29, 1.82) is 0 Å². The number of rotatable bonds is 11. The second-order valence-corrected chi connectivity index (χ2v) is 5.81. The molecule has 4 heteroatoms. The maximum Gasteiger partial charge on any atom is 0.287 e. The average molecular weight is 262 g/mol. The lowest BCUT2D eigenvalue weighted by molar-refractivity contribution is 0.494. The Kier molecular flexibility index (Phi) is 10.6. The van der Waals surface area contributed by atoms with Gasteiger partial charge in [-0.1, -0.05) is 64.4 Å². The number of hydrogen-bond acceptors (Lipinski definition) is 2. The van der Waals surface area contributed by atoms with Crippen LogP contribution < -0.4 is 0 Å². The van der Waals surface area contributed by atoms with Gasteiger partial charge in [0.1, 0.15) is 0 Å². The normalized spacial score (nSPS) is 12.4. The molecule has 0 rings (SSSR count). The van der Waals surface area contributed by atoms with Crippen molar-refractivity contribution in [2.24, 2.45) is 0 Å². The smallest absolute Gasteiger partial charge is 0.282 e. The van der Waals surface area contributed by atoms with Crippen LogP contribution in [0.3, 0.4) is 0 Å². The minimum absolute atomic E-state index is 0.732. The molecule has 0 aliphatic heterocycles. The zero-order chi connectivity index (χ0) is 13.0. The van der Waals surface area contributed by atoms with Crippen molar-refractivity contribution < 1.29 is 13.0 Å². The quantitative estimate of drug-likeness (QED) is 0.446. The van der Waals surface area contributed by atoms with Gasteiger partial charge in [-0.05, 0) is 12.8 Å². The van der Waals surface area contributed by atoms with E-state index in [0.717, 1.165) is 24.7 Å². The molecule has 0 saturated carbocycles. The van der Waals surface area contributed by atoms with Gasteiger partial charge in [-0.3, -0.25) is 4.55 Å². The summed E-state index contributed by atoms with van der Waals surface area (Å²) < 4.78 is 29.2. The van der Waals surface area contributed by atoms with Crippen molar-refractivity contribution in [3.8, 4) is 0 Å². The van der Waals surface area contributed by atoms with Gasteiger partial charge in [0.2, 0.25) is 0 Å². The topological polar surface area (TPSA) is 54.4 Å². The van der Waals surface area contributed by atoms with Crippen molar-refractivity contribution in [1.82, 2.24) is 0 Å². The molecule has 102 valence electrons. The van der Waals surface area contributed by atoms with Gasteiger partial charge in [-0.15, -0.1) is 0 Å². The Morgan fingerprint density at radius 3 is 1.82 bits per heavy atom. The fourth-order valence-electron chi connectivity index (χ4n) is 1.76. The first-order valence-corrected chi connectivity index (χ1v) is 8.20. The number of allylic oxidation sites excluding steroid dienone is 1. The summed E-state index contributed by atoms with van der Waals surface area (Å²) in [6.07, 6.45) is 13.6. The van der Waals surface area contributed by atoms with E-state index in [1.54, 1.807) is 0 Å². The molecule has 0 aromatic rings. The van der Waals surface area contributed by atoms with Gasteiger partial charge < -0.3 is 0 Å². The Bertz CT molecular complexity index is 281. The van der Waals surface area contributed by atoms with Crippen LogP contribution in [0.5, 0.6) is 0 Å². The van der Waals surface area contributed by atoms with E-state index in [1.807, 2.05) is 0 Å². The molecule has 0 aromatic carbocycles. The predicted octanol–water partition coefficient (Wildman–Crippen LogP) is 4.31. The molecule has 0 amide bonds. The molecule has 0 aliphatic carbocycles. The van der Waals surface area contributed by atoms with Crippen molar-refractivity contribution >= 4 is 10.1 Å². The summed E-state index contributed by atoms with van der Waals surface area (Å²) in [5, 5.41) is 0.873. The minimum atomic E-state index is -3.91. The second-order valence-electron chi connectivity index (χ2n) is 4.50. The molecule has 3 nitrogen and oxygen atoms in total. The Morgan fingerprint density at radius 1 is 0.882 bits per heavy atom. The molecule has 0 saturated heterocycles. The lowest BCUT2D eigenvalue weighted by Crippen LogP contribution is -1.89. The molecule has 0 aromatic heterocycles. The van der Waals surface area contributed by atoms with E-state index >= 15 is 0 Å². The minimum Gasteiger partial charge on any atom is -0.282 e. The third-order valence-corrected chi connectivity index (χ3v) is 3.28. The maximum absolute atomic E-state index is 10.4. The molecule has 0 aliphatic rings. The molecule has 0 fully saturated rings. The van der Waals surface area contributed by atoms with Gasteiger partial charge in [-0.25, -0.2) is 0 Å². The highest BCUT2D eigenvalue weighted by Gasteiger charge is 1.94. The predicted molar refractivity (Wildman–Crippen MR) is 72.5 cm³/mol. The molecule has 0 atom stereocenters. The first-order valence-electron chi connectivity index (χ1n) is 6.70.